The Morgan fingerprint density at radius 3 is 1.18 bits per heavy atom. The number of hydrogen-bond donors (Lipinski definition) is 6. The number of aryl methyl sites for hydroxylation is 2. The molecule has 2 aliphatic rings. The Kier molecular flexibility index (Phi) is 48.1. The molecule has 0 saturated carbocycles. The topological polar surface area (TPSA) is 385 Å². The first-order valence-corrected chi connectivity index (χ1v) is 35.8. The van der Waals surface area contributed by atoms with Crippen molar-refractivity contribution in [3.05, 3.63) is 145 Å². The van der Waals surface area contributed by atoms with Gasteiger partial charge in [0.05, 0.1) is 61.7 Å². The molecule has 6 N–H and O–H groups in total. The van der Waals surface area contributed by atoms with E-state index in [0.29, 0.717) is 53.2 Å². The van der Waals surface area contributed by atoms with E-state index in [2.05, 4.69) is 192 Å². The van der Waals surface area contributed by atoms with Gasteiger partial charge in [0, 0.05) is 112 Å². The molecule has 0 radical (unpaired) electrons. The highest BCUT2D eigenvalue weighted by molar-refractivity contribution is 14.1. The van der Waals surface area contributed by atoms with Gasteiger partial charge >= 0.3 is 12.3 Å². The number of rotatable bonds is 12. The third-order valence-electron chi connectivity index (χ3n) is 12.7. The van der Waals surface area contributed by atoms with Gasteiger partial charge in [-0.3, -0.25) is 0 Å². The maximum Gasteiger partial charge on any atom is 0.373 e. The average molecular weight is 2150 g/mol. The first-order chi connectivity index (χ1) is 46.9. The molecule has 30 nitrogen and oxygen atoms in total. The monoisotopic (exact) mass is 2150 g/mol. The second-order valence-corrected chi connectivity index (χ2v) is 26.0. The van der Waals surface area contributed by atoms with E-state index in [4.69, 9.17) is 63.0 Å². The number of ether oxygens (including phenoxy) is 6. The molecule has 9 heterocycles. The molecule has 2 aliphatic heterocycles. The van der Waals surface area contributed by atoms with Crippen molar-refractivity contribution in [2.75, 3.05) is 108 Å². The van der Waals surface area contributed by atoms with Crippen molar-refractivity contribution >= 4 is 188 Å². The summed E-state index contributed by atoms with van der Waals surface area (Å²) in [5.74, 6) is 5.76. The third-order valence-corrected chi connectivity index (χ3v) is 18.4. The number of aliphatic hydroxyl groups is 1. The fraction of sp³-hybridized carbons (Fsp3) is 0.344. The molecule has 2 fully saturated rings. The predicted molar refractivity (Wildman–Crippen MR) is 420 cm³/mol. The van der Waals surface area contributed by atoms with Crippen LogP contribution < -0.4 is 28.4 Å². The van der Waals surface area contributed by atoms with E-state index < -0.39 is 0 Å². The lowest BCUT2D eigenvalue weighted by molar-refractivity contribution is -0.193. The molecule has 532 valence electrons. The molecule has 0 bridgehead atoms. The number of halogens is 7. The number of aromatic nitrogens is 7. The van der Waals surface area contributed by atoms with Crippen molar-refractivity contribution in [3.63, 3.8) is 0 Å². The zero-order valence-electron chi connectivity index (χ0n) is 54.6. The standard InChI is InChI=1S/C13H19IN4O2.C12H17IN4O2.C7H7IN2O2.2C7H8INO2.C7H8INO.C6H6INO.2CO2/c1-3-17-4-6-18(7-5-17)13(16-19)10-8-11(20-2)12(14)15-9-10;1-2-16-3-5-17(6-4-16)12(15-19)9-7-10(18)11(13)14-8-9;1-12-6-2-5(4-10-11)3-9-7(6)8;1-10-5-3-6(11-2)7(8)9-4-5;1-11-6-2-5(4-10)3-9-7(6)8;1-5-3-6(10-2)7(8)9-4-5;1-4-2-5(9)6(7)8-3-4;2*2-1-3/h8-9,19H,3-7H2,1-2H3;7-8,18-19H,2-6H2,1H3;2-4,11H,1H3;3-4H,1-2H3;2-3,10H,4H2,1H3;3-4H,1-2H3;2-3,9H,1H3;;/b16-13+;15-12+;10-4-;;;;;;. The maximum absolute atomic E-state index is 9.69. The highest BCUT2D eigenvalue weighted by Gasteiger charge is 2.23. The summed E-state index contributed by atoms with van der Waals surface area (Å²) in [5.41, 5.74) is 4.97. The first kappa shape index (κ1) is 90.2. The molecule has 2 saturated heterocycles. The van der Waals surface area contributed by atoms with E-state index in [1.807, 2.05) is 82.3 Å². The van der Waals surface area contributed by atoms with Crippen LogP contribution >= 0.6 is 158 Å². The van der Waals surface area contributed by atoms with Crippen molar-refractivity contribution in [1.82, 2.24) is 54.5 Å². The molecule has 0 amide bonds. The van der Waals surface area contributed by atoms with Gasteiger partial charge in [0.25, 0.3) is 0 Å². The number of carbonyl (C=O) groups excluding carboxylic acids is 4. The number of nitrogens with zero attached hydrogens (tertiary/aromatic N) is 14. The van der Waals surface area contributed by atoms with E-state index >= 15 is 0 Å². The Labute approximate surface area is 662 Å². The number of piperazine rings is 2. The molecule has 0 spiro atoms. The van der Waals surface area contributed by atoms with Gasteiger partial charge in [-0.05, 0) is 238 Å². The Morgan fingerprint density at radius 1 is 0.459 bits per heavy atom. The van der Waals surface area contributed by atoms with Gasteiger partial charge in [0.2, 0.25) is 0 Å². The van der Waals surface area contributed by atoms with Crippen LogP contribution in [0.2, 0.25) is 0 Å². The molecular weight excluding hydrogens is 2070 g/mol. The Bertz CT molecular complexity index is 3610. The third kappa shape index (κ3) is 33.6. The summed E-state index contributed by atoms with van der Waals surface area (Å²) in [7, 11) is 9.62. The van der Waals surface area contributed by atoms with Gasteiger partial charge < -0.3 is 79.0 Å². The number of pyridine rings is 7. The summed E-state index contributed by atoms with van der Waals surface area (Å²) >= 11 is 14.4. The fourth-order valence-electron chi connectivity index (χ4n) is 7.70. The predicted octanol–water partition coefficient (Wildman–Crippen LogP) is 9.56. The molecule has 0 atom stereocenters. The van der Waals surface area contributed by atoms with E-state index in [0.717, 1.165) is 118 Å². The Hall–Kier alpha value is -5.79. The van der Waals surface area contributed by atoms with Crippen LogP contribution in [0, 0.1) is 39.8 Å². The smallest absolute Gasteiger partial charge is 0.373 e. The van der Waals surface area contributed by atoms with Crippen LogP contribution in [0.15, 0.2) is 101 Å². The number of aliphatic hydroxyl groups excluding tert-OH is 1. The van der Waals surface area contributed by atoms with Crippen LogP contribution in [0.5, 0.6) is 46.0 Å². The van der Waals surface area contributed by atoms with Crippen molar-refractivity contribution in [2.45, 2.75) is 34.3 Å². The summed E-state index contributed by atoms with van der Waals surface area (Å²) in [6.45, 7) is 17.4. The van der Waals surface area contributed by atoms with Crippen LogP contribution in [0.3, 0.4) is 0 Å². The van der Waals surface area contributed by atoms with Gasteiger partial charge in [-0.25, -0.2) is 34.9 Å². The largest absolute Gasteiger partial charge is 0.505 e. The second-order valence-electron chi connectivity index (χ2n) is 18.8. The lowest BCUT2D eigenvalue weighted by Crippen LogP contribution is -2.48. The summed E-state index contributed by atoms with van der Waals surface area (Å²) in [6, 6.07) is 12.4. The van der Waals surface area contributed by atoms with Crippen molar-refractivity contribution in [1.29, 1.82) is 0 Å². The van der Waals surface area contributed by atoms with Crippen LogP contribution in [0.25, 0.3) is 0 Å². The highest BCUT2D eigenvalue weighted by Crippen LogP contribution is 2.26. The minimum atomic E-state index is 0.000278. The lowest BCUT2D eigenvalue weighted by Gasteiger charge is -2.35. The molecular formula is C61H73I7N14O16. The van der Waals surface area contributed by atoms with E-state index in [-0.39, 0.29) is 30.4 Å². The summed E-state index contributed by atoms with van der Waals surface area (Å²) in [4.78, 5) is 69.8. The molecule has 9 rings (SSSR count). The molecule has 0 unspecified atom stereocenters. The summed E-state index contributed by atoms with van der Waals surface area (Å²) < 4.78 is 35.7. The summed E-state index contributed by atoms with van der Waals surface area (Å²) in [6.07, 6.45) is 13.6. The van der Waals surface area contributed by atoms with Crippen LogP contribution in [-0.4, -0.2) is 224 Å². The molecule has 37 heteroatoms. The zero-order chi connectivity index (χ0) is 73.7. The van der Waals surface area contributed by atoms with E-state index in [9.17, 15) is 15.5 Å². The SMILES string of the molecule is CCN1CCN(/C(=N/O)c2cnc(I)c(O)c2)CC1.CCN1CCN(/C(=N/O)c2cnc(I)c(OC)c2)CC1.COc1cc(/C=N\O)cnc1I.COc1cc(C)cnc1I.COc1cc(CO)cnc1I.COc1cnc(I)c(OC)c1.Cc1cnc(I)c(O)c1.O=C=O.O=C=O. The van der Waals surface area contributed by atoms with Gasteiger partial charge in [-0.2, -0.15) is 19.2 Å². The summed E-state index contributed by atoms with van der Waals surface area (Å²) in [5, 5.41) is 64.0. The fourth-order valence-corrected chi connectivity index (χ4v) is 10.9. The van der Waals surface area contributed by atoms with E-state index in [1.165, 1.54) is 6.21 Å². The van der Waals surface area contributed by atoms with Gasteiger partial charge in [0.15, 0.2) is 40.4 Å². The zero-order valence-corrected chi connectivity index (χ0v) is 69.7. The number of hydrogen-bond acceptors (Lipinski definition) is 28. The van der Waals surface area contributed by atoms with Crippen LogP contribution in [0.1, 0.15) is 47.2 Å². The minimum absolute atomic E-state index is 0.000278. The molecule has 7 aromatic rings. The minimum Gasteiger partial charge on any atom is -0.505 e. The van der Waals surface area contributed by atoms with Crippen molar-refractivity contribution in [3.8, 4) is 46.0 Å². The van der Waals surface area contributed by atoms with Gasteiger partial charge in [-0.15, -0.1) is 0 Å². The Morgan fingerprint density at radius 2 is 0.806 bits per heavy atom. The van der Waals surface area contributed by atoms with Gasteiger partial charge in [-0.1, -0.05) is 29.3 Å². The first-order valence-electron chi connectivity index (χ1n) is 28.2. The number of aromatic hydroxyl groups is 2. The number of likely N-dealkylation sites (N-methyl/N-ethyl adjacent to an activating group) is 2. The lowest BCUT2D eigenvalue weighted by atomic mass is 10.2. The van der Waals surface area contributed by atoms with Crippen LogP contribution in [-0.2, 0) is 25.8 Å². The number of amidine groups is 2. The number of methoxy groups -OCH3 is 6. The van der Waals surface area contributed by atoms with Crippen molar-refractivity contribution in [2.24, 2.45) is 15.5 Å². The molecule has 0 aliphatic carbocycles. The maximum atomic E-state index is 9.69. The second kappa shape index (κ2) is 52.2. The normalized spacial score (nSPS) is 12.4. The van der Waals surface area contributed by atoms with Crippen molar-refractivity contribution < 1.29 is 78.5 Å². The van der Waals surface area contributed by atoms with Crippen LogP contribution in [0.4, 0.5) is 0 Å². The van der Waals surface area contributed by atoms with E-state index in [1.54, 1.807) is 110 Å². The molecule has 0 aromatic carbocycles. The number of oxime groups is 3. The average Bonchev–Trinajstić information content (AvgIpc) is 0.855. The molecule has 7 aromatic heterocycles. The highest BCUT2D eigenvalue weighted by atomic mass is 127. The van der Waals surface area contributed by atoms with Gasteiger partial charge in [0.1, 0.15) is 43.2 Å². The Balaban J connectivity index is 0.000000574. The quantitative estimate of drug-likeness (QED) is 0.0165. The molecule has 98 heavy (non-hydrogen) atoms.